The minimum Gasteiger partial charge on any atom is 0 e. The Hall–Kier alpha value is -5.64. The number of halogens is 1. The van der Waals surface area contributed by atoms with Gasteiger partial charge in [-0.15, -0.1) is 18.2 Å². The first-order chi connectivity index (χ1) is 33.7. The molecule has 69 heavy (non-hydrogen) atoms. The van der Waals surface area contributed by atoms with Crippen LogP contribution in [0.2, 0.25) is 17.3 Å². The van der Waals surface area contributed by atoms with Crippen LogP contribution in [0.5, 0.6) is 0 Å². The number of aromatic nitrogens is 5. The van der Waals surface area contributed by atoms with E-state index >= 15 is 0 Å². The summed E-state index contributed by atoms with van der Waals surface area (Å²) in [4.78, 5) is 21.4. The van der Waals surface area contributed by atoms with E-state index in [1.807, 2.05) is 0 Å². The zero-order valence-corrected chi connectivity index (χ0v) is 45.9. The van der Waals surface area contributed by atoms with Crippen LogP contribution in [0.25, 0.3) is 92.1 Å². The largest absolute Gasteiger partial charge is 0 e. The van der Waals surface area contributed by atoms with Crippen LogP contribution in [0.1, 0.15) is 80.0 Å². The molecule has 1 unspecified atom stereocenters. The summed E-state index contributed by atoms with van der Waals surface area (Å²) in [5.74, 6) is 7.47. The predicted molar refractivity (Wildman–Crippen MR) is 289 cm³/mol. The average molecular weight is 1170 g/mol. The molecule has 0 spiro atoms. The van der Waals surface area contributed by atoms with E-state index < -0.39 is 20.1 Å². The van der Waals surface area contributed by atoms with Crippen LogP contribution in [0, 0.1) is 37.1 Å². The van der Waals surface area contributed by atoms with Crippen molar-refractivity contribution >= 4 is 92.8 Å². The number of hydrogen-bond acceptors (Lipinski definition) is 5. The quantitative estimate of drug-likeness (QED) is 0.0946. The molecular weight excluding hydrogens is 1110 g/mol. The molecule has 0 saturated carbocycles. The summed E-state index contributed by atoms with van der Waals surface area (Å²) in [5, 5.41) is 8.42. The Kier molecular flexibility index (Phi) is 12.0. The fourth-order valence-corrected chi connectivity index (χ4v) is 13.4. The molecule has 0 aliphatic rings. The number of rotatable bonds is 6. The molecule has 0 fully saturated rings. The molecule has 5 aromatic heterocycles. The molecule has 0 bridgehead atoms. The number of aryl methyl sites for hydroxylation is 2. The molecule has 5 nitrogen and oxygen atoms in total. The van der Waals surface area contributed by atoms with Crippen LogP contribution in [0.15, 0.2) is 128 Å². The van der Waals surface area contributed by atoms with Crippen LogP contribution < -0.4 is 4.40 Å². The van der Waals surface area contributed by atoms with E-state index in [0.29, 0.717) is 22.7 Å². The molecule has 1 atom stereocenters. The minimum absolute atomic E-state index is 0. The van der Waals surface area contributed by atoms with Crippen molar-refractivity contribution in [1.29, 1.82) is 0 Å². The van der Waals surface area contributed by atoms with Gasteiger partial charge in [-0.25, -0.2) is 4.98 Å². The number of nitrogens with zero attached hydrogens (tertiary/aromatic N) is 5. The number of imidazole rings is 1. The smallest absolute Gasteiger partial charge is 0 e. The minimum atomic E-state index is -2.34. The summed E-state index contributed by atoms with van der Waals surface area (Å²) < 4.78 is 40.7. The second-order valence-electron chi connectivity index (χ2n) is 20.4. The first-order valence-electron chi connectivity index (χ1n) is 24.8. The second kappa shape index (κ2) is 18.6. The number of thiophene rings is 1. The normalized spacial score (nSPS) is 13.4. The molecule has 9 heteroatoms. The van der Waals surface area contributed by atoms with Gasteiger partial charge in [-0.1, -0.05) is 119 Å². The summed E-state index contributed by atoms with van der Waals surface area (Å²) >= 11 is -0.586. The maximum absolute atomic E-state index is 13.0. The summed E-state index contributed by atoms with van der Waals surface area (Å²) in [6, 6.07) is 47.1. The summed E-state index contributed by atoms with van der Waals surface area (Å²) in [6.07, 6.45) is 1.67. The van der Waals surface area contributed by atoms with Gasteiger partial charge in [0.05, 0.1) is 28.1 Å². The Morgan fingerprint density at radius 2 is 1.48 bits per heavy atom. The maximum atomic E-state index is 13.0. The van der Waals surface area contributed by atoms with Gasteiger partial charge in [0.25, 0.3) is 0 Å². The molecular formula is C60H56FGeIrN5S-2. The molecule has 11 rings (SSSR count). The zero-order chi connectivity index (χ0) is 50.3. The molecule has 0 amide bonds. The van der Waals surface area contributed by atoms with Crippen LogP contribution in [0.3, 0.4) is 0 Å². The van der Waals surface area contributed by atoms with Gasteiger partial charge in [0, 0.05) is 48.2 Å². The Labute approximate surface area is 429 Å². The Bertz CT molecular complexity index is 3870. The first-order valence-corrected chi connectivity index (χ1v) is 31.5. The van der Waals surface area contributed by atoms with E-state index in [0.717, 1.165) is 64.3 Å². The van der Waals surface area contributed by atoms with E-state index in [1.54, 1.807) is 29.7 Å². The third kappa shape index (κ3) is 8.84. The van der Waals surface area contributed by atoms with Gasteiger partial charge in [-0.2, -0.15) is 11.3 Å². The Balaban J connectivity index is 0.000000245. The zero-order valence-electron chi connectivity index (χ0n) is 43.6. The second-order valence-corrected chi connectivity index (χ2v) is 32.0. The van der Waals surface area contributed by atoms with E-state index in [4.69, 9.17) is 19.1 Å². The van der Waals surface area contributed by atoms with Crippen molar-refractivity contribution in [2.75, 3.05) is 0 Å². The van der Waals surface area contributed by atoms with Crippen molar-refractivity contribution in [2.45, 2.75) is 84.4 Å². The van der Waals surface area contributed by atoms with Crippen molar-refractivity contribution in [1.82, 2.24) is 24.5 Å². The standard InChI is InChI=1S/C45H39N4S.C15H17FGeN.Ir/c1-25(2)38-31-15-10-8-13-29(31)30-14-9-11-16-32(30)40(38)49-41-37(23-21-28-20-19-26(3)46-39(28)41)47-43(49)35-18-12-17-33-34-22-24-36(27(4)45(5,6)7)48-44(34)50-42(33)35;1-11-9-15(12-5-7-13(16)8-6-12)18-10-14(11)17(2,3)4;/h8-17,19-25,27H,1-7H3;5,7-10H,1-4H3;/q2*-1;/i;1D3;. The molecule has 11 aromatic rings. The van der Waals surface area contributed by atoms with Crippen molar-refractivity contribution in [3.05, 3.63) is 168 Å². The van der Waals surface area contributed by atoms with Crippen molar-refractivity contribution < 1.29 is 28.6 Å². The molecule has 0 aliphatic heterocycles. The molecule has 5 heterocycles. The first kappa shape index (κ1) is 44.6. The van der Waals surface area contributed by atoms with Gasteiger partial charge in [0.15, 0.2) is 0 Å². The molecule has 1 radical (unpaired) electrons. The van der Waals surface area contributed by atoms with Gasteiger partial charge in [-0.05, 0) is 68.3 Å². The SMILES string of the molecule is Cc1ccc2ccc3nc(-c4[c-]ccc5c4sc4nc(C(C)C(C)(C)C)ccc45)n(-c4c(C(C)C)c5ccccc5c5ccccc45)c3c2n1.[2H]C([2H])([2H])c1cc(-c2[c-]cc(F)cc2)nc[c]1[Ge]([CH3])([CH3])[CH3].[Ir]. The number of hydrogen-bond donors (Lipinski definition) is 0. The molecule has 0 N–H and O–H groups in total. The van der Waals surface area contributed by atoms with E-state index in [9.17, 15) is 4.39 Å². The van der Waals surface area contributed by atoms with Crippen LogP contribution in [-0.2, 0) is 20.1 Å². The van der Waals surface area contributed by atoms with E-state index in [1.165, 1.54) is 50.0 Å². The topological polar surface area (TPSA) is 56.5 Å². The third-order valence-corrected chi connectivity index (χ3v) is 18.8. The van der Waals surface area contributed by atoms with E-state index in [2.05, 4.69) is 184 Å². The van der Waals surface area contributed by atoms with Crippen molar-refractivity contribution in [3.63, 3.8) is 0 Å². The van der Waals surface area contributed by atoms with Gasteiger partial charge in [0.2, 0.25) is 0 Å². The number of pyridine rings is 3. The number of benzene rings is 6. The van der Waals surface area contributed by atoms with Gasteiger partial charge >= 0.3 is 114 Å². The van der Waals surface area contributed by atoms with Crippen LogP contribution >= 0.6 is 11.3 Å². The summed E-state index contributed by atoms with van der Waals surface area (Å²) in [6.45, 7) is 13.6. The molecule has 6 aromatic carbocycles. The third-order valence-electron chi connectivity index (χ3n) is 13.4. The molecule has 0 aliphatic carbocycles. The van der Waals surface area contributed by atoms with Crippen LogP contribution in [-0.4, -0.2) is 37.8 Å². The van der Waals surface area contributed by atoms with Gasteiger partial charge < -0.3 is 4.57 Å². The van der Waals surface area contributed by atoms with Gasteiger partial charge in [-0.3, -0.25) is 9.97 Å². The average Bonchev–Trinajstić information content (AvgIpc) is 3.91. The Morgan fingerprint density at radius 1 is 0.768 bits per heavy atom. The van der Waals surface area contributed by atoms with Crippen LogP contribution in [0.4, 0.5) is 4.39 Å². The maximum Gasteiger partial charge on any atom is 0 e. The fraction of sp³-hybridized carbons (Fsp3) is 0.233. The predicted octanol–water partition coefficient (Wildman–Crippen LogP) is 16.2. The Morgan fingerprint density at radius 3 is 2.16 bits per heavy atom. The van der Waals surface area contributed by atoms with Gasteiger partial charge in [0.1, 0.15) is 4.83 Å². The molecule has 349 valence electrons. The van der Waals surface area contributed by atoms with Crippen molar-refractivity contribution in [3.8, 4) is 28.3 Å². The van der Waals surface area contributed by atoms with Crippen molar-refractivity contribution in [2.24, 2.45) is 5.41 Å². The monoisotopic (exact) mass is 1170 g/mol. The molecule has 0 saturated heterocycles. The van der Waals surface area contributed by atoms with E-state index in [-0.39, 0.29) is 37.3 Å². The number of fused-ring (bicyclic) bond motifs is 9. The summed E-state index contributed by atoms with van der Waals surface area (Å²) in [5.41, 5.74) is 10.0. The fourth-order valence-electron chi connectivity index (χ4n) is 9.45. The summed E-state index contributed by atoms with van der Waals surface area (Å²) in [7, 11) is 0.